The number of fused-ring (bicyclic) bond motifs is 1. The topological polar surface area (TPSA) is 119 Å². The molecule has 170 valence electrons. The van der Waals surface area contributed by atoms with Gasteiger partial charge in [0.1, 0.15) is 11.5 Å². The van der Waals surface area contributed by atoms with E-state index in [0.29, 0.717) is 11.3 Å². The Balaban J connectivity index is 1.55. The van der Waals surface area contributed by atoms with Gasteiger partial charge in [-0.05, 0) is 38.1 Å². The molecule has 0 unspecified atom stereocenters. The molecule has 0 radical (unpaired) electrons. The van der Waals surface area contributed by atoms with Crippen molar-refractivity contribution >= 4 is 34.2 Å². The van der Waals surface area contributed by atoms with Crippen LogP contribution in [0.15, 0.2) is 47.9 Å². The Hall–Kier alpha value is -4.08. The van der Waals surface area contributed by atoms with Gasteiger partial charge in [0.15, 0.2) is 0 Å². The van der Waals surface area contributed by atoms with E-state index in [1.54, 1.807) is 30.0 Å². The molecule has 33 heavy (non-hydrogen) atoms. The number of carbonyl (C=O) groups is 3. The number of H-pyrrole nitrogens is 1. The smallest absolute Gasteiger partial charge is 0.295 e. The van der Waals surface area contributed by atoms with Crippen molar-refractivity contribution in [3.05, 3.63) is 65.4 Å². The maximum Gasteiger partial charge on any atom is 0.295 e. The molecule has 3 aromatic rings. The third-order valence-electron chi connectivity index (χ3n) is 5.82. The molecule has 9 nitrogen and oxygen atoms in total. The summed E-state index contributed by atoms with van der Waals surface area (Å²) in [5.74, 6) is -2.54. The summed E-state index contributed by atoms with van der Waals surface area (Å²) in [6.45, 7) is 3.94. The number of hydrogen-bond donors (Lipinski definition) is 2. The van der Waals surface area contributed by atoms with Crippen molar-refractivity contribution in [3.63, 3.8) is 0 Å². The number of aromatic amines is 1. The standard InChI is InChI=1S/C23H22FN5O4/c1-13-12-28(22(31)18-5-3-4-8-25-18)9-10-29(13)23(32)21(30)16-11-26-20-15(14(2)27-33)6-7-17(24)19(16)20/h3-8,11,13,26,33H,9-10,12H2,1-2H3/b27-14-/t13-/m1/s1. The zero-order valence-electron chi connectivity index (χ0n) is 18.1. The Morgan fingerprint density at radius 3 is 2.64 bits per heavy atom. The molecule has 1 aliphatic heterocycles. The highest BCUT2D eigenvalue weighted by Gasteiger charge is 2.35. The molecule has 0 spiro atoms. The molecule has 0 saturated carbocycles. The molecule has 2 aromatic heterocycles. The average molecular weight is 451 g/mol. The van der Waals surface area contributed by atoms with Crippen molar-refractivity contribution in [1.29, 1.82) is 0 Å². The summed E-state index contributed by atoms with van der Waals surface area (Å²) in [7, 11) is 0. The molecule has 1 aliphatic rings. The molecule has 2 N–H and O–H groups in total. The Kier molecular flexibility index (Phi) is 5.91. The monoisotopic (exact) mass is 451 g/mol. The average Bonchev–Trinajstić information content (AvgIpc) is 3.29. The fraction of sp³-hybridized carbons (Fsp3) is 0.261. The predicted molar refractivity (Wildman–Crippen MR) is 118 cm³/mol. The molecule has 1 atom stereocenters. The highest BCUT2D eigenvalue weighted by atomic mass is 19.1. The second-order valence-corrected chi connectivity index (χ2v) is 7.88. The SMILES string of the molecule is C/C(=N/O)c1ccc(F)c2c(C(=O)C(=O)N3CCN(C(=O)c4ccccn4)C[C@H]3C)c[nH]c12. The summed E-state index contributed by atoms with van der Waals surface area (Å²) in [6.07, 6.45) is 2.82. The molecule has 4 rings (SSSR count). The largest absolute Gasteiger partial charge is 0.411 e. The van der Waals surface area contributed by atoms with Gasteiger partial charge in [0, 0.05) is 49.0 Å². The van der Waals surface area contributed by atoms with Crippen LogP contribution < -0.4 is 0 Å². The normalized spacial score (nSPS) is 16.8. The lowest BCUT2D eigenvalue weighted by Gasteiger charge is -2.39. The number of carbonyl (C=O) groups excluding carboxylic acids is 3. The number of amides is 2. The minimum atomic E-state index is -0.854. The van der Waals surface area contributed by atoms with Crippen molar-refractivity contribution in [3.8, 4) is 0 Å². The second kappa shape index (κ2) is 8.81. The summed E-state index contributed by atoms with van der Waals surface area (Å²) >= 11 is 0. The van der Waals surface area contributed by atoms with E-state index in [1.807, 2.05) is 0 Å². The number of oxime groups is 1. The highest BCUT2D eigenvalue weighted by Crippen LogP contribution is 2.27. The van der Waals surface area contributed by atoms with E-state index >= 15 is 0 Å². The van der Waals surface area contributed by atoms with Crippen molar-refractivity contribution in [1.82, 2.24) is 19.8 Å². The van der Waals surface area contributed by atoms with Gasteiger partial charge >= 0.3 is 0 Å². The van der Waals surface area contributed by atoms with Crippen LogP contribution in [0.1, 0.15) is 40.3 Å². The lowest BCUT2D eigenvalue weighted by Crippen LogP contribution is -2.56. The Labute approximate surface area is 188 Å². The lowest BCUT2D eigenvalue weighted by atomic mass is 10.0. The van der Waals surface area contributed by atoms with E-state index in [1.165, 1.54) is 30.3 Å². The number of hydrogen-bond acceptors (Lipinski definition) is 6. The first-order chi connectivity index (χ1) is 15.8. The maximum absolute atomic E-state index is 14.6. The molecule has 3 heterocycles. The van der Waals surface area contributed by atoms with Crippen molar-refractivity contribution in [2.45, 2.75) is 19.9 Å². The van der Waals surface area contributed by atoms with Crippen molar-refractivity contribution in [2.24, 2.45) is 5.16 Å². The molecular formula is C23H22FN5O4. The number of aromatic nitrogens is 2. The van der Waals surface area contributed by atoms with E-state index in [2.05, 4.69) is 15.1 Å². The number of rotatable bonds is 4. The first-order valence-electron chi connectivity index (χ1n) is 10.4. The van der Waals surface area contributed by atoms with Gasteiger partial charge in [-0.2, -0.15) is 0 Å². The summed E-state index contributed by atoms with van der Waals surface area (Å²) in [5.41, 5.74) is 1.12. The summed E-state index contributed by atoms with van der Waals surface area (Å²) < 4.78 is 14.6. The number of pyridine rings is 1. The van der Waals surface area contributed by atoms with Crippen LogP contribution in [0.4, 0.5) is 4.39 Å². The van der Waals surface area contributed by atoms with E-state index in [0.717, 1.165) is 6.07 Å². The third-order valence-corrected chi connectivity index (χ3v) is 5.82. The zero-order valence-corrected chi connectivity index (χ0v) is 18.1. The molecule has 10 heteroatoms. The van der Waals surface area contributed by atoms with Crippen LogP contribution in [0, 0.1) is 5.82 Å². The molecule has 2 amide bonds. The number of halogens is 1. The predicted octanol–water partition coefficient (Wildman–Crippen LogP) is 2.46. The quantitative estimate of drug-likeness (QED) is 0.208. The van der Waals surface area contributed by atoms with E-state index in [4.69, 9.17) is 5.21 Å². The second-order valence-electron chi connectivity index (χ2n) is 7.88. The van der Waals surface area contributed by atoms with Crippen LogP contribution in [0.3, 0.4) is 0 Å². The van der Waals surface area contributed by atoms with Crippen LogP contribution in [0.25, 0.3) is 10.9 Å². The van der Waals surface area contributed by atoms with Crippen LogP contribution in [0.5, 0.6) is 0 Å². The first kappa shape index (κ1) is 22.1. The zero-order chi connectivity index (χ0) is 23.7. The van der Waals surface area contributed by atoms with Gasteiger partial charge in [0.05, 0.1) is 16.8 Å². The maximum atomic E-state index is 14.6. The summed E-state index contributed by atoms with van der Waals surface area (Å²) in [4.78, 5) is 48.6. The minimum Gasteiger partial charge on any atom is -0.411 e. The van der Waals surface area contributed by atoms with Crippen molar-refractivity contribution in [2.75, 3.05) is 19.6 Å². The fourth-order valence-corrected chi connectivity index (χ4v) is 4.08. The van der Waals surface area contributed by atoms with Gasteiger partial charge in [-0.3, -0.25) is 19.4 Å². The Bertz CT molecular complexity index is 1270. The van der Waals surface area contributed by atoms with Gasteiger partial charge in [0.25, 0.3) is 17.6 Å². The van der Waals surface area contributed by atoms with Crippen LogP contribution in [-0.4, -0.2) is 74.0 Å². The Morgan fingerprint density at radius 2 is 1.97 bits per heavy atom. The van der Waals surface area contributed by atoms with Gasteiger partial charge in [-0.15, -0.1) is 0 Å². The highest BCUT2D eigenvalue weighted by molar-refractivity contribution is 6.45. The van der Waals surface area contributed by atoms with Gasteiger partial charge < -0.3 is 20.0 Å². The molecule has 0 bridgehead atoms. The number of nitrogens with one attached hydrogen (secondary N) is 1. The molecule has 0 aliphatic carbocycles. The number of Topliss-reactive ketones (excluding diaryl/α,β-unsaturated/α-hetero) is 1. The summed E-state index contributed by atoms with van der Waals surface area (Å²) in [6, 6.07) is 7.23. The molecule has 1 saturated heterocycles. The number of nitrogens with zero attached hydrogens (tertiary/aromatic N) is 4. The van der Waals surface area contributed by atoms with E-state index < -0.39 is 23.5 Å². The van der Waals surface area contributed by atoms with Crippen molar-refractivity contribution < 1.29 is 24.0 Å². The minimum absolute atomic E-state index is 0.0366. The lowest BCUT2D eigenvalue weighted by molar-refractivity contribution is -0.130. The van der Waals surface area contributed by atoms with Gasteiger partial charge in [0.2, 0.25) is 0 Å². The first-order valence-corrected chi connectivity index (χ1v) is 10.4. The fourth-order valence-electron chi connectivity index (χ4n) is 4.08. The molecule has 1 aromatic carbocycles. The number of benzene rings is 1. The number of ketones is 1. The van der Waals surface area contributed by atoms with Crippen LogP contribution in [0.2, 0.25) is 0 Å². The number of piperazine rings is 1. The molecule has 1 fully saturated rings. The summed E-state index contributed by atoms with van der Waals surface area (Å²) in [5, 5.41) is 12.2. The van der Waals surface area contributed by atoms with E-state index in [-0.39, 0.29) is 47.7 Å². The third kappa shape index (κ3) is 3.95. The van der Waals surface area contributed by atoms with E-state index in [9.17, 15) is 18.8 Å². The van der Waals surface area contributed by atoms with Gasteiger partial charge in [-0.25, -0.2) is 4.39 Å². The Morgan fingerprint density at radius 1 is 1.18 bits per heavy atom. The van der Waals surface area contributed by atoms with Crippen LogP contribution >= 0.6 is 0 Å². The van der Waals surface area contributed by atoms with Crippen LogP contribution in [-0.2, 0) is 4.79 Å². The van der Waals surface area contributed by atoms with Gasteiger partial charge in [-0.1, -0.05) is 11.2 Å². The molecular weight excluding hydrogens is 429 g/mol.